The number of carbonyl (C=O) groups is 1. The molecule has 26 heavy (non-hydrogen) atoms. The third kappa shape index (κ3) is 3.48. The number of hydrogen-bond donors (Lipinski definition) is 2. The van der Waals surface area contributed by atoms with Gasteiger partial charge in [-0.15, -0.1) is 10.2 Å². The van der Waals surface area contributed by atoms with Crippen LogP contribution in [0.15, 0.2) is 64.4 Å². The Balaban J connectivity index is 1.41. The Kier molecular flexibility index (Phi) is 4.45. The van der Waals surface area contributed by atoms with Crippen LogP contribution in [-0.2, 0) is 4.79 Å². The second-order valence-electron chi connectivity index (χ2n) is 5.83. The molecular formula is C19H16N4O2S. The highest BCUT2D eigenvalue weighted by atomic mass is 32.2. The first-order valence-corrected chi connectivity index (χ1v) is 9.07. The summed E-state index contributed by atoms with van der Waals surface area (Å²) >= 11 is 1.21. The average Bonchev–Trinajstić information content (AvgIpc) is 3.26. The molecule has 0 saturated carbocycles. The summed E-state index contributed by atoms with van der Waals surface area (Å²) in [6, 6.07) is 15.6. The highest BCUT2D eigenvalue weighted by molar-refractivity contribution is 7.99. The van der Waals surface area contributed by atoms with Gasteiger partial charge in [0.2, 0.25) is 5.91 Å². The summed E-state index contributed by atoms with van der Waals surface area (Å²) in [7, 11) is 0. The van der Waals surface area contributed by atoms with Crippen molar-refractivity contribution in [1.29, 1.82) is 0 Å². The summed E-state index contributed by atoms with van der Waals surface area (Å²) in [6.07, 6.45) is 1.84. The number of amides is 1. The Morgan fingerprint density at radius 1 is 1.19 bits per heavy atom. The number of benzene rings is 2. The third-order valence-electron chi connectivity index (χ3n) is 3.85. The minimum absolute atomic E-state index is 0.118. The molecule has 0 saturated heterocycles. The zero-order chi connectivity index (χ0) is 17.9. The van der Waals surface area contributed by atoms with Crippen molar-refractivity contribution in [2.75, 3.05) is 11.1 Å². The molecule has 0 aliphatic carbocycles. The molecule has 0 radical (unpaired) electrons. The summed E-state index contributed by atoms with van der Waals surface area (Å²) in [6.45, 7) is 1.98. The number of nitrogens with one attached hydrogen (secondary N) is 2. The van der Waals surface area contributed by atoms with E-state index in [9.17, 15) is 4.79 Å². The molecule has 0 atom stereocenters. The van der Waals surface area contributed by atoms with E-state index in [4.69, 9.17) is 4.42 Å². The lowest BCUT2D eigenvalue weighted by Gasteiger charge is -2.04. The number of carbonyl (C=O) groups excluding carboxylic acids is 1. The number of hydrogen-bond acceptors (Lipinski definition) is 5. The molecule has 0 spiro atoms. The average molecular weight is 364 g/mol. The molecule has 0 aliphatic rings. The highest BCUT2D eigenvalue weighted by Gasteiger charge is 2.14. The predicted molar refractivity (Wildman–Crippen MR) is 102 cm³/mol. The van der Waals surface area contributed by atoms with Crippen molar-refractivity contribution in [3.8, 4) is 11.5 Å². The van der Waals surface area contributed by atoms with Gasteiger partial charge < -0.3 is 14.7 Å². The second kappa shape index (κ2) is 7.05. The molecule has 0 aliphatic heterocycles. The van der Waals surface area contributed by atoms with Crippen LogP contribution in [0.2, 0.25) is 0 Å². The van der Waals surface area contributed by atoms with E-state index in [0.717, 1.165) is 27.7 Å². The number of aryl methyl sites for hydroxylation is 1. The van der Waals surface area contributed by atoms with Crippen molar-refractivity contribution in [3.63, 3.8) is 0 Å². The second-order valence-corrected chi connectivity index (χ2v) is 6.75. The van der Waals surface area contributed by atoms with E-state index >= 15 is 0 Å². The van der Waals surface area contributed by atoms with E-state index < -0.39 is 0 Å². The van der Waals surface area contributed by atoms with Gasteiger partial charge in [-0.1, -0.05) is 42.1 Å². The summed E-state index contributed by atoms with van der Waals surface area (Å²) in [5.41, 5.74) is 3.73. The van der Waals surface area contributed by atoms with Crippen LogP contribution in [0.5, 0.6) is 0 Å². The molecule has 2 heterocycles. The quantitative estimate of drug-likeness (QED) is 0.517. The smallest absolute Gasteiger partial charge is 0.277 e. The Bertz CT molecular complexity index is 1070. The van der Waals surface area contributed by atoms with Crippen molar-refractivity contribution in [1.82, 2.24) is 15.2 Å². The van der Waals surface area contributed by atoms with Crippen LogP contribution in [0.25, 0.3) is 22.4 Å². The van der Waals surface area contributed by atoms with Crippen LogP contribution >= 0.6 is 11.8 Å². The zero-order valence-corrected chi connectivity index (χ0v) is 14.8. The molecular weight excluding hydrogens is 348 g/mol. The number of aromatic amines is 1. The van der Waals surface area contributed by atoms with Crippen molar-refractivity contribution >= 4 is 34.3 Å². The molecule has 4 aromatic rings. The zero-order valence-electron chi connectivity index (χ0n) is 14.0. The summed E-state index contributed by atoms with van der Waals surface area (Å²) in [4.78, 5) is 15.3. The van der Waals surface area contributed by atoms with E-state index in [1.54, 1.807) is 0 Å². The monoisotopic (exact) mass is 364 g/mol. The van der Waals surface area contributed by atoms with Crippen LogP contribution in [0.3, 0.4) is 0 Å². The first-order chi connectivity index (χ1) is 12.7. The van der Waals surface area contributed by atoms with Crippen LogP contribution in [0.4, 0.5) is 5.69 Å². The molecule has 2 N–H and O–H groups in total. The molecule has 2 aromatic carbocycles. The topological polar surface area (TPSA) is 83.8 Å². The van der Waals surface area contributed by atoms with Gasteiger partial charge >= 0.3 is 0 Å². The highest BCUT2D eigenvalue weighted by Crippen LogP contribution is 2.29. The summed E-state index contributed by atoms with van der Waals surface area (Å²) in [5, 5.41) is 12.4. The molecule has 0 unspecified atom stereocenters. The van der Waals surface area contributed by atoms with Crippen LogP contribution < -0.4 is 5.32 Å². The first kappa shape index (κ1) is 16.4. The van der Waals surface area contributed by atoms with Crippen LogP contribution in [0.1, 0.15) is 5.56 Å². The Hall–Kier alpha value is -3.06. The fraction of sp³-hybridized carbons (Fsp3) is 0.105. The van der Waals surface area contributed by atoms with Crippen molar-refractivity contribution in [2.24, 2.45) is 0 Å². The molecule has 6 nitrogen and oxygen atoms in total. The van der Waals surface area contributed by atoms with Crippen LogP contribution in [-0.4, -0.2) is 26.8 Å². The fourth-order valence-corrected chi connectivity index (χ4v) is 3.24. The van der Waals surface area contributed by atoms with Crippen molar-refractivity contribution in [3.05, 3.63) is 60.3 Å². The minimum Gasteiger partial charge on any atom is -0.411 e. The Labute approximate surface area is 154 Å². The van der Waals surface area contributed by atoms with E-state index in [1.165, 1.54) is 11.8 Å². The number of rotatable bonds is 5. The number of H-pyrrole nitrogens is 1. The first-order valence-electron chi connectivity index (χ1n) is 8.08. The number of para-hydroxylation sites is 1. The molecule has 2 aromatic heterocycles. The molecule has 0 bridgehead atoms. The van der Waals surface area contributed by atoms with Gasteiger partial charge in [-0.05, 0) is 30.7 Å². The fourth-order valence-electron chi connectivity index (χ4n) is 2.67. The lowest BCUT2D eigenvalue weighted by atomic mass is 10.2. The standard InChI is InChI=1S/C19H16N4O2S/c1-12-5-4-6-13(9-12)21-17(24)11-26-19-23-22-18(25-19)15-10-20-16-8-3-2-7-14(15)16/h2-10,20H,11H2,1H3,(H,21,24). The van der Waals surface area contributed by atoms with E-state index in [1.807, 2.05) is 61.7 Å². The van der Waals surface area contributed by atoms with Crippen LogP contribution in [0, 0.1) is 6.92 Å². The Morgan fingerprint density at radius 2 is 2.08 bits per heavy atom. The Morgan fingerprint density at radius 3 is 2.96 bits per heavy atom. The van der Waals surface area contributed by atoms with E-state index in [0.29, 0.717) is 11.1 Å². The number of nitrogens with zero attached hydrogens (tertiary/aromatic N) is 2. The summed E-state index contributed by atoms with van der Waals surface area (Å²) < 4.78 is 5.70. The molecule has 7 heteroatoms. The number of aromatic nitrogens is 3. The molecule has 130 valence electrons. The maximum atomic E-state index is 12.1. The lowest BCUT2D eigenvalue weighted by Crippen LogP contribution is -2.13. The van der Waals surface area contributed by atoms with Gasteiger partial charge in [-0.2, -0.15) is 0 Å². The van der Waals surface area contributed by atoms with Gasteiger partial charge in [0.1, 0.15) is 0 Å². The molecule has 4 rings (SSSR count). The van der Waals surface area contributed by atoms with Crippen molar-refractivity contribution in [2.45, 2.75) is 12.1 Å². The SMILES string of the molecule is Cc1cccc(NC(=O)CSc2nnc(-c3c[nH]c4ccccc34)o2)c1. The number of fused-ring (bicyclic) bond motifs is 1. The van der Waals surface area contributed by atoms with E-state index in [2.05, 4.69) is 20.5 Å². The van der Waals surface area contributed by atoms with Crippen molar-refractivity contribution < 1.29 is 9.21 Å². The van der Waals surface area contributed by atoms with Gasteiger partial charge in [0.05, 0.1) is 11.3 Å². The van der Waals surface area contributed by atoms with Gasteiger partial charge in [0.25, 0.3) is 11.1 Å². The minimum atomic E-state index is -0.118. The van der Waals surface area contributed by atoms with Gasteiger partial charge in [-0.3, -0.25) is 4.79 Å². The maximum Gasteiger partial charge on any atom is 0.277 e. The molecule has 1 amide bonds. The van der Waals surface area contributed by atoms with Gasteiger partial charge in [-0.25, -0.2) is 0 Å². The predicted octanol–water partition coefficient (Wildman–Crippen LogP) is 4.26. The largest absolute Gasteiger partial charge is 0.411 e. The maximum absolute atomic E-state index is 12.1. The summed E-state index contributed by atoms with van der Waals surface area (Å²) in [5.74, 6) is 0.514. The normalized spacial score (nSPS) is 11.0. The van der Waals surface area contributed by atoms with E-state index in [-0.39, 0.29) is 11.7 Å². The van der Waals surface area contributed by atoms with Gasteiger partial charge in [0.15, 0.2) is 0 Å². The number of anilines is 1. The van der Waals surface area contributed by atoms with Gasteiger partial charge in [0, 0.05) is 22.8 Å². The third-order valence-corrected chi connectivity index (χ3v) is 4.67. The molecule has 0 fully saturated rings. The lowest BCUT2D eigenvalue weighted by molar-refractivity contribution is -0.113. The number of thioether (sulfide) groups is 1.